The lowest BCUT2D eigenvalue weighted by Crippen LogP contribution is -1.97. The minimum absolute atomic E-state index is 0.330. The molecule has 0 saturated heterocycles. The van der Waals surface area contributed by atoms with E-state index < -0.39 is 0 Å². The van der Waals surface area contributed by atoms with Crippen molar-refractivity contribution < 1.29 is 5.11 Å². The van der Waals surface area contributed by atoms with E-state index in [2.05, 4.69) is 18.0 Å². The fourth-order valence-electron chi connectivity index (χ4n) is 2.44. The third-order valence-corrected chi connectivity index (χ3v) is 3.86. The molecule has 0 aromatic heterocycles. The Morgan fingerprint density at radius 2 is 1.70 bits per heavy atom. The highest BCUT2D eigenvalue weighted by Gasteiger charge is 2.05. The molecule has 112 valence electrons. The number of aryl methyl sites for hydroxylation is 1. The molecule has 20 heavy (non-hydrogen) atoms. The summed E-state index contributed by atoms with van der Waals surface area (Å²) < 4.78 is 0. The van der Waals surface area contributed by atoms with E-state index in [0.29, 0.717) is 5.75 Å². The molecule has 0 aliphatic heterocycles. The van der Waals surface area contributed by atoms with Crippen molar-refractivity contribution in [1.29, 1.82) is 0 Å². The molecule has 0 bridgehead atoms. The van der Waals surface area contributed by atoms with Crippen molar-refractivity contribution in [2.75, 3.05) is 7.05 Å². The molecule has 1 aromatic carbocycles. The van der Waals surface area contributed by atoms with Crippen molar-refractivity contribution in [1.82, 2.24) is 0 Å². The van der Waals surface area contributed by atoms with Gasteiger partial charge in [0.1, 0.15) is 5.75 Å². The number of rotatable bonds is 9. The fourth-order valence-corrected chi connectivity index (χ4v) is 2.44. The topological polar surface area (TPSA) is 32.6 Å². The minimum Gasteiger partial charge on any atom is -0.507 e. The fraction of sp³-hybridized carbons (Fsp3) is 0.611. The molecular weight excluding hydrogens is 246 g/mol. The van der Waals surface area contributed by atoms with Gasteiger partial charge < -0.3 is 5.11 Å². The molecule has 2 heteroatoms. The standard InChI is InChI=1S/C18H29NO/c1-4-5-6-7-8-9-10-11-16-12-13-18(20)17(14-16)15(2)19-3/h12-14,20H,4-11H2,1-3H3/b19-15+. The Kier molecular flexibility index (Phi) is 8.01. The van der Waals surface area contributed by atoms with Crippen LogP contribution in [0.1, 0.15) is 69.9 Å². The molecule has 0 aliphatic carbocycles. The maximum Gasteiger partial charge on any atom is 0.124 e. The van der Waals surface area contributed by atoms with Crippen molar-refractivity contribution in [3.8, 4) is 5.75 Å². The Morgan fingerprint density at radius 1 is 1.05 bits per heavy atom. The maximum atomic E-state index is 9.85. The van der Waals surface area contributed by atoms with Gasteiger partial charge in [-0.15, -0.1) is 0 Å². The summed E-state index contributed by atoms with van der Waals surface area (Å²) in [5.41, 5.74) is 3.06. The molecule has 1 rings (SSSR count). The Balaban J connectivity index is 2.37. The first-order valence-corrected chi connectivity index (χ1v) is 7.94. The van der Waals surface area contributed by atoms with Gasteiger partial charge in [0.15, 0.2) is 0 Å². The lowest BCUT2D eigenvalue weighted by atomic mass is 10.0. The minimum atomic E-state index is 0.330. The molecular formula is C18H29NO. The molecule has 0 atom stereocenters. The number of hydrogen-bond donors (Lipinski definition) is 1. The van der Waals surface area contributed by atoms with E-state index >= 15 is 0 Å². The van der Waals surface area contributed by atoms with Gasteiger partial charge in [0.2, 0.25) is 0 Å². The molecule has 0 fully saturated rings. The van der Waals surface area contributed by atoms with E-state index in [4.69, 9.17) is 0 Å². The van der Waals surface area contributed by atoms with Gasteiger partial charge in [0, 0.05) is 18.3 Å². The Labute approximate surface area is 124 Å². The number of phenols is 1. The highest BCUT2D eigenvalue weighted by atomic mass is 16.3. The van der Waals surface area contributed by atoms with Crippen LogP contribution in [0.4, 0.5) is 0 Å². The van der Waals surface area contributed by atoms with Gasteiger partial charge in [-0.3, -0.25) is 4.99 Å². The van der Waals surface area contributed by atoms with Gasteiger partial charge in [-0.05, 0) is 37.5 Å². The van der Waals surface area contributed by atoms with E-state index in [-0.39, 0.29) is 0 Å². The molecule has 1 N–H and O–H groups in total. The first-order valence-electron chi connectivity index (χ1n) is 7.94. The van der Waals surface area contributed by atoms with Crippen LogP contribution in [0.3, 0.4) is 0 Å². The van der Waals surface area contributed by atoms with E-state index in [1.807, 2.05) is 13.0 Å². The number of benzene rings is 1. The summed E-state index contributed by atoms with van der Waals surface area (Å²) in [6.45, 7) is 4.19. The maximum absolute atomic E-state index is 9.85. The van der Waals surface area contributed by atoms with Gasteiger partial charge in [-0.1, -0.05) is 51.5 Å². The van der Waals surface area contributed by atoms with Crippen molar-refractivity contribution >= 4 is 5.71 Å². The van der Waals surface area contributed by atoms with Crippen molar-refractivity contribution in [2.24, 2.45) is 4.99 Å². The van der Waals surface area contributed by atoms with Crippen LogP contribution < -0.4 is 0 Å². The van der Waals surface area contributed by atoms with Crippen LogP contribution >= 0.6 is 0 Å². The number of aromatic hydroxyl groups is 1. The van der Waals surface area contributed by atoms with Gasteiger partial charge >= 0.3 is 0 Å². The number of hydrogen-bond acceptors (Lipinski definition) is 2. The van der Waals surface area contributed by atoms with Crippen LogP contribution in [0.25, 0.3) is 0 Å². The highest BCUT2D eigenvalue weighted by molar-refractivity contribution is 6.01. The number of nitrogens with zero attached hydrogens (tertiary/aromatic N) is 1. The van der Waals surface area contributed by atoms with E-state index in [9.17, 15) is 5.11 Å². The molecule has 0 unspecified atom stereocenters. The predicted octanol–water partition coefficient (Wildman–Crippen LogP) is 5.12. The zero-order chi connectivity index (χ0) is 14.8. The second-order valence-corrected chi connectivity index (χ2v) is 5.53. The zero-order valence-electron chi connectivity index (χ0n) is 13.3. The summed E-state index contributed by atoms with van der Waals surface area (Å²) in [5, 5.41) is 9.85. The van der Waals surface area contributed by atoms with Gasteiger partial charge in [0.05, 0.1) is 0 Å². The first-order chi connectivity index (χ1) is 9.69. The van der Waals surface area contributed by atoms with Crippen LogP contribution in [-0.2, 0) is 6.42 Å². The zero-order valence-corrected chi connectivity index (χ0v) is 13.3. The largest absolute Gasteiger partial charge is 0.507 e. The quantitative estimate of drug-likeness (QED) is 0.492. The van der Waals surface area contributed by atoms with E-state index in [1.54, 1.807) is 13.1 Å². The van der Waals surface area contributed by atoms with Crippen LogP contribution in [0.2, 0.25) is 0 Å². The average Bonchev–Trinajstić information content (AvgIpc) is 2.47. The molecule has 2 nitrogen and oxygen atoms in total. The van der Waals surface area contributed by atoms with Gasteiger partial charge in [-0.2, -0.15) is 0 Å². The first kappa shape index (κ1) is 16.7. The van der Waals surface area contributed by atoms with E-state index in [0.717, 1.165) is 17.7 Å². The predicted molar refractivity (Wildman–Crippen MR) is 87.9 cm³/mol. The smallest absolute Gasteiger partial charge is 0.124 e. The van der Waals surface area contributed by atoms with Crippen LogP contribution in [0, 0.1) is 0 Å². The Bertz CT molecular complexity index is 423. The molecule has 0 aliphatic rings. The molecule has 0 radical (unpaired) electrons. The van der Waals surface area contributed by atoms with Crippen LogP contribution in [0.5, 0.6) is 5.75 Å². The molecule has 0 amide bonds. The van der Waals surface area contributed by atoms with Crippen molar-refractivity contribution in [3.63, 3.8) is 0 Å². The average molecular weight is 275 g/mol. The SMILES string of the molecule is CCCCCCCCCc1ccc(O)c(/C(C)=N/C)c1. The molecule has 0 saturated carbocycles. The summed E-state index contributed by atoms with van der Waals surface area (Å²) >= 11 is 0. The molecule has 1 aromatic rings. The Morgan fingerprint density at radius 3 is 2.35 bits per heavy atom. The van der Waals surface area contributed by atoms with E-state index in [1.165, 1.54) is 50.5 Å². The lowest BCUT2D eigenvalue weighted by molar-refractivity contribution is 0.474. The molecule has 0 spiro atoms. The summed E-state index contributed by atoms with van der Waals surface area (Å²) in [5.74, 6) is 0.330. The van der Waals surface area contributed by atoms with Gasteiger partial charge in [-0.25, -0.2) is 0 Å². The Hall–Kier alpha value is -1.31. The second-order valence-electron chi connectivity index (χ2n) is 5.53. The van der Waals surface area contributed by atoms with Crippen molar-refractivity contribution in [2.45, 2.75) is 65.2 Å². The van der Waals surface area contributed by atoms with Gasteiger partial charge in [0.25, 0.3) is 0 Å². The number of phenolic OH excluding ortho intramolecular Hbond substituents is 1. The second kappa shape index (κ2) is 9.57. The monoisotopic (exact) mass is 275 g/mol. The summed E-state index contributed by atoms with van der Waals surface area (Å²) in [7, 11) is 1.76. The summed E-state index contributed by atoms with van der Waals surface area (Å²) in [6, 6.07) is 5.90. The lowest BCUT2D eigenvalue weighted by Gasteiger charge is -2.07. The van der Waals surface area contributed by atoms with Crippen LogP contribution in [-0.4, -0.2) is 17.9 Å². The number of unbranched alkanes of at least 4 members (excludes halogenated alkanes) is 6. The third kappa shape index (κ3) is 5.77. The third-order valence-electron chi connectivity index (χ3n) is 3.86. The summed E-state index contributed by atoms with van der Waals surface area (Å²) in [4.78, 5) is 4.16. The number of aliphatic imine (C=N–C) groups is 1. The highest BCUT2D eigenvalue weighted by Crippen LogP contribution is 2.21. The van der Waals surface area contributed by atoms with Crippen molar-refractivity contribution in [3.05, 3.63) is 29.3 Å². The normalized spacial score (nSPS) is 11.8. The summed E-state index contributed by atoms with van der Waals surface area (Å²) in [6.07, 6.45) is 10.4. The van der Waals surface area contributed by atoms with Crippen LogP contribution in [0.15, 0.2) is 23.2 Å². The molecule has 0 heterocycles.